The maximum absolute atomic E-state index is 13.0. The van der Waals surface area contributed by atoms with Crippen LogP contribution in [0.15, 0.2) is 36.5 Å². The summed E-state index contributed by atoms with van der Waals surface area (Å²) in [5.41, 5.74) is 0.755. The van der Waals surface area contributed by atoms with E-state index in [-0.39, 0.29) is 17.9 Å². The molecule has 0 saturated carbocycles. The van der Waals surface area contributed by atoms with E-state index in [2.05, 4.69) is 24.2 Å². The van der Waals surface area contributed by atoms with Crippen molar-refractivity contribution in [2.24, 2.45) is 5.41 Å². The van der Waals surface area contributed by atoms with Crippen LogP contribution in [0.3, 0.4) is 0 Å². The molecule has 1 aromatic carbocycles. The van der Waals surface area contributed by atoms with Crippen LogP contribution >= 0.6 is 0 Å². The van der Waals surface area contributed by atoms with Gasteiger partial charge in [0.25, 0.3) is 5.91 Å². The first-order valence-corrected chi connectivity index (χ1v) is 9.58. The first-order valence-electron chi connectivity index (χ1n) is 9.58. The minimum absolute atomic E-state index is 0.150. The number of benzene rings is 1. The van der Waals surface area contributed by atoms with Crippen LogP contribution in [0.2, 0.25) is 0 Å². The Labute approximate surface area is 158 Å². The van der Waals surface area contributed by atoms with Crippen LogP contribution in [0.25, 0.3) is 5.69 Å². The van der Waals surface area contributed by atoms with Gasteiger partial charge < -0.3 is 9.80 Å². The summed E-state index contributed by atoms with van der Waals surface area (Å²) in [6.07, 6.45) is 4.24. The van der Waals surface area contributed by atoms with Gasteiger partial charge in [0, 0.05) is 25.7 Å². The number of piperidine rings is 1. The van der Waals surface area contributed by atoms with E-state index in [1.165, 1.54) is 0 Å². The molecule has 2 aromatic rings. The smallest absolute Gasteiger partial charge is 0.276 e. The number of hydrogen-bond donors (Lipinski definition) is 0. The number of para-hydroxylation sites is 1. The summed E-state index contributed by atoms with van der Waals surface area (Å²) >= 11 is 0. The number of carbonyl (C=O) groups is 2. The summed E-state index contributed by atoms with van der Waals surface area (Å²) < 4.78 is 1.60. The molecule has 142 valence electrons. The lowest BCUT2D eigenvalue weighted by atomic mass is 9.78. The van der Waals surface area contributed by atoms with Crippen molar-refractivity contribution >= 4 is 11.8 Å². The van der Waals surface area contributed by atoms with Crippen LogP contribution < -0.4 is 0 Å². The van der Waals surface area contributed by atoms with Crippen LogP contribution in [0, 0.1) is 5.41 Å². The molecular weight excluding hydrogens is 342 g/mol. The second kappa shape index (κ2) is 6.79. The van der Waals surface area contributed by atoms with E-state index in [0.29, 0.717) is 18.8 Å². The molecule has 1 spiro atoms. The van der Waals surface area contributed by atoms with Gasteiger partial charge in [0.05, 0.1) is 17.3 Å². The highest BCUT2D eigenvalue weighted by molar-refractivity contribution is 5.93. The SMILES string of the molecule is CC(C)N1CCC[C@]2(CCN(C(=O)c3cn(-c4ccccc4)nn3)C2)C1=O. The van der Waals surface area contributed by atoms with Gasteiger partial charge in [-0.2, -0.15) is 0 Å². The van der Waals surface area contributed by atoms with Crippen LogP contribution in [-0.2, 0) is 4.79 Å². The van der Waals surface area contributed by atoms with E-state index in [0.717, 1.165) is 31.5 Å². The Morgan fingerprint density at radius 3 is 2.67 bits per heavy atom. The zero-order chi connectivity index (χ0) is 19.0. The fraction of sp³-hybridized carbons (Fsp3) is 0.500. The van der Waals surface area contributed by atoms with Crippen molar-refractivity contribution in [3.05, 3.63) is 42.2 Å². The lowest BCUT2D eigenvalue weighted by Crippen LogP contribution is -2.52. The lowest BCUT2D eigenvalue weighted by molar-refractivity contribution is -0.147. The van der Waals surface area contributed by atoms with Crippen molar-refractivity contribution in [3.63, 3.8) is 0 Å². The van der Waals surface area contributed by atoms with Gasteiger partial charge in [-0.3, -0.25) is 9.59 Å². The van der Waals surface area contributed by atoms with Crippen LogP contribution in [0.5, 0.6) is 0 Å². The Balaban J connectivity index is 1.50. The largest absolute Gasteiger partial charge is 0.340 e. The molecule has 2 aliphatic rings. The van der Waals surface area contributed by atoms with E-state index in [1.807, 2.05) is 35.2 Å². The van der Waals surface area contributed by atoms with Crippen molar-refractivity contribution in [1.29, 1.82) is 0 Å². The fourth-order valence-corrected chi connectivity index (χ4v) is 4.25. The third kappa shape index (κ3) is 3.11. The number of carbonyl (C=O) groups excluding carboxylic acids is 2. The molecule has 2 fully saturated rings. The standard InChI is InChI=1S/C20H25N5O2/c1-15(2)24-11-6-9-20(19(24)27)10-12-23(14-20)18(26)17-13-25(22-21-17)16-7-4-3-5-8-16/h3-5,7-8,13,15H,6,9-12,14H2,1-2H3/t20-/m1/s1. The summed E-state index contributed by atoms with van der Waals surface area (Å²) in [5, 5.41) is 8.14. The van der Waals surface area contributed by atoms with Gasteiger partial charge in [0.1, 0.15) is 0 Å². The summed E-state index contributed by atoms with van der Waals surface area (Å²) in [4.78, 5) is 29.7. The summed E-state index contributed by atoms with van der Waals surface area (Å²) in [5.74, 6) is 0.0514. The monoisotopic (exact) mass is 367 g/mol. The highest BCUT2D eigenvalue weighted by Crippen LogP contribution is 2.41. The molecule has 0 radical (unpaired) electrons. The third-order valence-corrected chi connectivity index (χ3v) is 5.77. The number of aromatic nitrogens is 3. The highest BCUT2D eigenvalue weighted by atomic mass is 16.2. The molecule has 0 aliphatic carbocycles. The Morgan fingerprint density at radius 2 is 1.93 bits per heavy atom. The second-order valence-electron chi connectivity index (χ2n) is 7.84. The number of hydrogen-bond acceptors (Lipinski definition) is 4. The van der Waals surface area contributed by atoms with E-state index in [1.54, 1.807) is 15.8 Å². The van der Waals surface area contributed by atoms with Gasteiger partial charge in [0.2, 0.25) is 5.91 Å². The molecule has 0 N–H and O–H groups in total. The normalized spacial score (nSPS) is 22.9. The van der Waals surface area contributed by atoms with Gasteiger partial charge in [-0.25, -0.2) is 4.68 Å². The quantitative estimate of drug-likeness (QED) is 0.833. The van der Waals surface area contributed by atoms with Gasteiger partial charge in [-0.1, -0.05) is 23.4 Å². The van der Waals surface area contributed by atoms with E-state index in [4.69, 9.17) is 0 Å². The van der Waals surface area contributed by atoms with Gasteiger partial charge >= 0.3 is 0 Å². The van der Waals surface area contributed by atoms with Gasteiger partial charge in [-0.15, -0.1) is 5.10 Å². The maximum Gasteiger partial charge on any atom is 0.276 e. The third-order valence-electron chi connectivity index (χ3n) is 5.77. The Kier molecular flexibility index (Phi) is 4.45. The van der Waals surface area contributed by atoms with Crippen LogP contribution in [0.4, 0.5) is 0 Å². The van der Waals surface area contributed by atoms with Gasteiger partial charge in [0.15, 0.2) is 5.69 Å². The average Bonchev–Trinajstić information content (AvgIpc) is 3.32. The molecule has 7 nitrogen and oxygen atoms in total. The van der Waals surface area contributed by atoms with Crippen molar-refractivity contribution in [2.75, 3.05) is 19.6 Å². The molecule has 4 rings (SSSR count). The van der Waals surface area contributed by atoms with Crippen molar-refractivity contribution in [2.45, 2.75) is 39.2 Å². The molecule has 2 saturated heterocycles. The molecule has 1 aromatic heterocycles. The molecule has 0 unspecified atom stereocenters. The first kappa shape index (κ1) is 17.7. The molecule has 2 amide bonds. The molecule has 3 heterocycles. The summed E-state index contributed by atoms with van der Waals surface area (Å²) in [6.45, 7) is 5.99. The maximum atomic E-state index is 13.0. The summed E-state index contributed by atoms with van der Waals surface area (Å²) in [7, 11) is 0. The topological polar surface area (TPSA) is 71.3 Å². The molecule has 27 heavy (non-hydrogen) atoms. The fourth-order valence-electron chi connectivity index (χ4n) is 4.25. The van der Waals surface area contributed by atoms with Crippen molar-refractivity contribution < 1.29 is 9.59 Å². The summed E-state index contributed by atoms with van der Waals surface area (Å²) in [6, 6.07) is 9.78. The number of nitrogens with zero attached hydrogens (tertiary/aromatic N) is 5. The Bertz CT molecular complexity index is 847. The molecule has 2 aliphatic heterocycles. The number of rotatable bonds is 3. The average molecular weight is 367 g/mol. The number of likely N-dealkylation sites (tertiary alicyclic amines) is 2. The Morgan fingerprint density at radius 1 is 1.15 bits per heavy atom. The molecule has 7 heteroatoms. The minimum atomic E-state index is -0.423. The van der Waals surface area contributed by atoms with Crippen molar-refractivity contribution in [3.8, 4) is 5.69 Å². The zero-order valence-corrected chi connectivity index (χ0v) is 15.8. The van der Waals surface area contributed by atoms with E-state index in [9.17, 15) is 9.59 Å². The van der Waals surface area contributed by atoms with E-state index >= 15 is 0 Å². The van der Waals surface area contributed by atoms with E-state index < -0.39 is 5.41 Å². The predicted octanol–water partition coefficient (Wildman–Crippen LogP) is 2.13. The van der Waals surface area contributed by atoms with Gasteiger partial charge in [-0.05, 0) is 45.2 Å². The predicted molar refractivity (Wildman–Crippen MR) is 100 cm³/mol. The molecule has 1 atom stereocenters. The Hall–Kier alpha value is -2.70. The second-order valence-corrected chi connectivity index (χ2v) is 7.84. The molecular formula is C20H25N5O2. The number of amides is 2. The highest BCUT2D eigenvalue weighted by Gasteiger charge is 2.50. The van der Waals surface area contributed by atoms with Crippen molar-refractivity contribution in [1.82, 2.24) is 24.8 Å². The molecule has 0 bridgehead atoms. The minimum Gasteiger partial charge on any atom is -0.340 e. The van der Waals surface area contributed by atoms with Crippen LogP contribution in [0.1, 0.15) is 43.6 Å². The lowest BCUT2D eigenvalue weighted by Gasteiger charge is -2.41. The van der Waals surface area contributed by atoms with Crippen LogP contribution in [-0.4, -0.2) is 62.3 Å². The zero-order valence-electron chi connectivity index (χ0n) is 15.8. The first-order chi connectivity index (χ1) is 13.0.